The monoisotopic (exact) mass is 465 g/mol. The third kappa shape index (κ3) is 6.42. The Balaban J connectivity index is 1.35. The Bertz CT molecular complexity index is 1410. The number of benzene rings is 3. The van der Waals surface area contributed by atoms with Gasteiger partial charge in [-0.25, -0.2) is 4.79 Å². The summed E-state index contributed by atoms with van der Waals surface area (Å²) in [5.74, 6) is 6.41. The van der Waals surface area contributed by atoms with Crippen molar-refractivity contribution in [2.45, 2.75) is 19.8 Å². The first-order chi connectivity index (χ1) is 17.0. The van der Waals surface area contributed by atoms with Crippen LogP contribution in [0, 0.1) is 18.8 Å². The molecule has 0 atom stereocenters. The quantitative estimate of drug-likeness (QED) is 0.325. The van der Waals surface area contributed by atoms with Crippen molar-refractivity contribution < 1.29 is 18.8 Å². The lowest BCUT2D eigenvalue weighted by Crippen LogP contribution is -2.12. The number of aryl methyl sites for hydroxylation is 2. The molecule has 7 heteroatoms. The number of aromatic nitrogens is 2. The fraction of sp³-hybridized carbons (Fsp3) is 0.143. The van der Waals surface area contributed by atoms with Crippen LogP contribution in [0.5, 0.6) is 0 Å². The molecule has 35 heavy (non-hydrogen) atoms. The molecule has 1 amide bonds. The molecule has 0 aliphatic rings. The summed E-state index contributed by atoms with van der Waals surface area (Å²) in [4.78, 5) is 28.5. The lowest BCUT2D eigenvalue weighted by Gasteiger charge is -2.04. The highest BCUT2D eigenvalue weighted by molar-refractivity contribution is 5.91. The van der Waals surface area contributed by atoms with Crippen LogP contribution >= 0.6 is 0 Å². The summed E-state index contributed by atoms with van der Waals surface area (Å²) in [5.41, 5.74) is 4.50. The van der Waals surface area contributed by atoms with Gasteiger partial charge in [0.2, 0.25) is 17.6 Å². The highest BCUT2D eigenvalue weighted by Gasteiger charge is 2.11. The molecule has 0 fully saturated rings. The lowest BCUT2D eigenvalue weighted by atomic mass is 10.1. The first-order valence-corrected chi connectivity index (χ1v) is 11.0. The maximum Gasteiger partial charge on any atom is 0.337 e. The molecule has 1 aromatic heterocycles. The molecular formula is C28H23N3O4. The Morgan fingerprint density at radius 2 is 1.69 bits per heavy atom. The number of hydrogen-bond acceptors (Lipinski definition) is 6. The second-order valence-corrected chi connectivity index (χ2v) is 7.83. The van der Waals surface area contributed by atoms with Crippen LogP contribution in [0.3, 0.4) is 0 Å². The normalized spacial score (nSPS) is 10.2. The number of ether oxygens (including phenoxy) is 1. The number of anilines is 1. The molecule has 0 unspecified atom stereocenters. The topological polar surface area (TPSA) is 94.3 Å². The van der Waals surface area contributed by atoms with Gasteiger partial charge in [0.1, 0.15) is 0 Å². The van der Waals surface area contributed by atoms with Crippen molar-refractivity contribution in [2.75, 3.05) is 12.4 Å². The number of nitrogens with one attached hydrogen (secondary N) is 1. The van der Waals surface area contributed by atoms with Crippen molar-refractivity contribution in [3.8, 4) is 23.2 Å². The molecule has 0 spiro atoms. The van der Waals surface area contributed by atoms with Crippen LogP contribution in [0.25, 0.3) is 11.4 Å². The highest BCUT2D eigenvalue weighted by Crippen LogP contribution is 2.17. The van der Waals surface area contributed by atoms with E-state index in [1.165, 1.54) is 7.11 Å². The molecule has 0 radical (unpaired) electrons. The summed E-state index contributed by atoms with van der Waals surface area (Å²) in [6, 6.07) is 22.0. The Morgan fingerprint density at radius 3 is 2.43 bits per heavy atom. The molecule has 174 valence electrons. The van der Waals surface area contributed by atoms with Crippen molar-refractivity contribution in [1.82, 2.24) is 10.1 Å². The van der Waals surface area contributed by atoms with Crippen molar-refractivity contribution >= 4 is 17.6 Å². The van der Waals surface area contributed by atoms with E-state index in [4.69, 9.17) is 9.26 Å². The zero-order chi connectivity index (χ0) is 24.6. The molecule has 7 nitrogen and oxygen atoms in total. The van der Waals surface area contributed by atoms with Crippen molar-refractivity contribution in [3.63, 3.8) is 0 Å². The molecule has 4 rings (SSSR count). The second-order valence-electron chi connectivity index (χ2n) is 7.83. The molecule has 1 N–H and O–H groups in total. The highest BCUT2D eigenvalue weighted by atomic mass is 16.5. The van der Waals surface area contributed by atoms with Crippen molar-refractivity contribution in [1.29, 1.82) is 0 Å². The maximum absolute atomic E-state index is 12.4. The van der Waals surface area contributed by atoms with Gasteiger partial charge in [-0.1, -0.05) is 59.0 Å². The third-order valence-corrected chi connectivity index (χ3v) is 5.12. The number of methoxy groups -OCH3 is 1. The van der Waals surface area contributed by atoms with Gasteiger partial charge in [-0.2, -0.15) is 4.98 Å². The fourth-order valence-electron chi connectivity index (χ4n) is 3.28. The smallest absolute Gasteiger partial charge is 0.337 e. The number of carbonyl (C=O) groups excluding carboxylic acids is 2. The molecule has 0 aliphatic carbocycles. The summed E-state index contributed by atoms with van der Waals surface area (Å²) in [6.07, 6.45) is 0.534. The van der Waals surface area contributed by atoms with E-state index in [1.807, 2.05) is 49.4 Å². The predicted octanol–water partition coefficient (Wildman–Crippen LogP) is 4.80. The Labute approximate surface area is 203 Å². The van der Waals surface area contributed by atoms with Gasteiger partial charge in [0, 0.05) is 35.2 Å². The van der Waals surface area contributed by atoms with Gasteiger partial charge >= 0.3 is 5.97 Å². The molecule has 0 aliphatic heterocycles. The minimum Gasteiger partial charge on any atom is -0.465 e. The van der Waals surface area contributed by atoms with E-state index in [2.05, 4.69) is 27.3 Å². The number of amides is 1. The summed E-state index contributed by atoms with van der Waals surface area (Å²) < 4.78 is 10.0. The van der Waals surface area contributed by atoms with Gasteiger partial charge < -0.3 is 14.6 Å². The standard InChI is InChI=1S/C28H23N3O4/c1-19-9-13-22(14-10-19)27-30-26(35-31-27)16-15-25(32)29-24-8-4-6-21(18-24)12-11-20-5-3-7-23(17-20)28(33)34-2/h3-10,13-14,17-18H,15-16H2,1-2H3,(H,29,32). The van der Waals surface area contributed by atoms with Gasteiger partial charge in [-0.3, -0.25) is 4.79 Å². The molecule has 1 heterocycles. The Kier molecular flexibility index (Phi) is 7.34. The van der Waals surface area contributed by atoms with Gasteiger partial charge in [0.25, 0.3) is 0 Å². The van der Waals surface area contributed by atoms with Gasteiger partial charge in [0.15, 0.2) is 0 Å². The van der Waals surface area contributed by atoms with Crippen LogP contribution in [0.15, 0.2) is 77.3 Å². The summed E-state index contributed by atoms with van der Waals surface area (Å²) in [6.45, 7) is 2.01. The molecule has 0 saturated heterocycles. The van der Waals surface area contributed by atoms with Gasteiger partial charge in [-0.15, -0.1) is 0 Å². The Morgan fingerprint density at radius 1 is 0.971 bits per heavy atom. The largest absolute Gasteiger partial charge is 0.465 e. The number of hydrogen-bond donors (Lipinski definition) is 1. The number of nitrogens with zero attached hydrogens (tertiary/aromatic N) is 2. The summed E-state index contributed by atoms with van der Waals surface area (Å²) in [5, 5.41) is 6.87. The van der Waals surface area contributed by atoms with Crippen molar-refractivity contribution in [3.05, 3.63) is 101 Å². The minimum atomic E-state index is -0.412. The zero-order valence-electron chi connectivity index (χ0n) is 19.4. The Hall–Kier alpha value is -4.70. The SMILES string of the molecule is COC(=O)c1cccc(C#Cc2cccc(NC(=O)CCc3nc(-c4ccc(C)cc4)no3)c2)c1. The van der Waals surface area contributed by atoms with Crippen LogP contribution in [-0.4, -0.2) is 29.1 Å². The fourth-order valence-corrected chi connectivity index (χ4v) is 3.28. The molecule has 0 bridgehead atoms. The van der Waals surface area contributed by atoms with Gasteiger partial charge in [0.05, 0.1) is 12.7 Å². The molecule has 3 aromatic carbocycles. The maximum atomic E-state index is 12.4. The average Bonchev–Trinajstić information content (AvgIpc) is 3.36. The summed E-state index contributed by atoms with van der Waals surface area (Å²) in [7, 11) is 1.34. The van der Waals surface area contributed by atoms with Crippen LogP contribution in [-0.2, 0) is 16.0 Å². The van der Waals surface area contributed by atoms with E-state index in [-0.39, 0.29) is 12.3 Å². The van der Waals surface area contributed by atoms with Crippen LogP contribution in [0.2, 0.25) is 0 Å². The lowest BCUT2D eigenvalue weighted by molar-refractivity contribution is -0.116. The van der Waals surface area contributed by atoms with Crippen LogP contribution < -0.4 is 5.32 Å². The van der Waals surface area contributed by atoms with E-state index >= 15 is 0 Å². The van der Waals surface area contributed by atoms with Gasteiger partial charge in [-0.05, 0) is 43.3 Å². The summed E-state index contributed by atoms with van der Waals surface area (Å²) >= 11 is 0. The number of esters is 1. The molecule has 0 saturated carbocycles. The molecular weight excluding hydrogens is 442 g/mol. The minimum absolute atomic E-state index is 0.170. The first kappa shape index (κ1) is 23.5. The van der Waals surface area contributed by atoms with Crippen LogP contribution in [0.1, 0.15) is 39.4 Å². The van der Waals surface area contributed by atoms with E-state index in [0.717, 1.165) is 16.7 Å². The first-order valence-electron chi connectivity index (χ1n) is 11.0. The number of carbonyl (C=O) groups is 2. The third-order valence-electron chi connectivity index (χ3n) is 5.12. The second kappa shape index (κ2) is 10.9. The zero-order valence-corrected chi connectivity index (χ0v) is 19.4. The van der Waals surface area contributed by atoms with E-state index in [1.54, 1.807) is 30.3 Å². The number of rotatable bonds is 6. The molecule has 4 aromatic rings. The average molecular weight is 466 g/mol. The van der Waals surface area contributed by atoms with E-state index in [9.17, 15) is 9.59 Å². The van der Waals surface area contributed by atoms with E-state index in [0.29, 0.717) is 35.0 Å². The van der Waals surface area contributed by atoms with Crippen LogP contribution in [0.4, 0.5) is 5.69 Å². The van der Waals surface area contributed by atoms with E-state index < -0.39 is 5.97 Å². The van der Waals surface area contributed by atoms with Crippen molar-refractivity contribution in [2.24, 2.45) is 0 Å². The predicted molar refractivity (Wildman–Crippen MR) is 132 cm³/mol.